The quantitative estimate of drug-likeness (QED) is 0.803. The maximum absolute atomic E-state index is 11.9. The number of carbonyl (C=O) groups is 1. The maximum atomic E-state index is 11.9. The van der Waals surface area contributed by atoms with Crippen LogP contribution in [-0.4, -0.2) is 67.7 Å². The third-order valence-electron chi connectivity index (χ3n) is 6.20. The zero-order chi connectivity index (χ0) is 18.8. The number of hydrogen-bond acceptors (Lipinski definition) is 3. The minimum Gasteiger partial charge on any atom is -0.368 e. The van der Waals surface area contributed by atoms with Gasteiger partial charge in [0.1, 0.15) is 0 Å². The topological polar surface area (TPSA) is 38.8 Å². The summed E-state index contributed by atoms with van der Waals surface area (Å²) in [4.78, 5) is 18.7. The lowest BCUT2D eigenvalue weighted by atomic mass is 9.78. The Balaban J connectivity index is 1.14. The number of nitrogens with zero attached hydrogens (tertiary/aromatic N) is 3. The van der Waals surface area contributed by atoms with E-state index in [0.717, 1.165) is 76.7 Å². The molecule has 3 fully saturated rings. The lowest BCUT2D eigenvalue weighted by molar-refractivity contribution is 0.139. The second-order valence-corrected chi connectivity index (χ2v) is 8.80. The third kappa shape index (κ3) is 4.47. The maximum Gasteiger partial charge on any atom is 0.317 e. The Bertz CT molecular complexity index is 668. The van der Waals surface area contributed by atoms with Gasteiger partial charge in [0.15, 0.2) is 0 Å². The summed E-state index contributed by atoms with van der Waals surface area (Å²) in [5.41, 5.74) is 1.04. The Morgan fingerprint density at radius 1 is 1.07 bits per heavy atom. The molecule has 0 unspecified atom stereocenters. The molecule has 0 spiro atoms. The number of rotatable bonds is 5. The van der Waals surface area contributed by atoms with Crippen molar-refractivity contribution in [2.75, 3.05) is 50.7 Å². The summed E-state index contributed by atoms with van der Waals surface area (Å²) in [6.45, 7) is 7.09. The highest BCUT2D eigenvalue weighted by Gasteiger charge is 2.32. The number of urea groups is 1. The Labute approximate surface area is 171 Å². The van der Waals surface area contributed by atoms with Gasteiger partial charge in [-0.2, -0.15) is 0 Å². The van der Waals surface area contributed by atoms with E-state index in [0.29, 0.717) is 16.1 Å². The fourth-order valence-corrected chi connectivity index (χ4v) is 4.60. The van der Waals surface area contributed by atoms with Crippen molar-refractivity contribution in [3.8, 4) is 0 Å². The van der Waals surface area contributed by atoms with E-state index >= 15 is 0 Å². The minimum atomic E-state index is 0.139. The first-order valence-electron chi connectivity index (χ1n) is 10.1. The van der Waals surface area contributed by atoms with Crippen molar-refractivity contribution in [3.63, 3.8) is 0 Å². The monoisotopic (exact) mass is 410 g/mol. The molecule has 0 radical (unpaired) electrons. The summed E-state index contributed by atoms with van der Waals surface area (Å²) in [5, 5.41) is 4.45. The zero-order valence-corrected chi connectivity index (χ0v) is 17.2. The molecule has 0 atom stereocenters. The van der Waals surface area contributed by atoms with Gasteiger partial charge in [-0.05, 0) is 50.3 Å². The van der Waals surface area contributed by atoms with Crippen LogP contribution in [0.4, 0.5) is 10.5 Å². The van der Waals surface area contributed by atoms with Gasteiger partial charge in [-0.15, -0.1) is 0 Å². The van der Waals surface area contributed by atoms with Crippen LogP contribution in [0.25, 0.3) is 0 Å². The number of amides is 2. The number of hydrogen-bond donors (Lipinski definition) is 1. The fraction of sp³-hybridized carbons (Fsp3) is 0.650. The van der Waals surface area contributed by atoms with E-state index in [1.54, 1.807) is 0 Å². The molecule has 1 aromatic rings. The molecule has 0 bridgehead atoms. The van der Waals surface area contributed by atoms with Crippen LogP contribution in [0.2, 0.25) is 10.0 Å². The van der Waals surface area contributed by atoms with Crippen molar-refractivity contribution in [2.45, 2.75) is 31.7 Å². The van der Waals surface area contributed by atoms with Crippen molar-refractivity contribution in [2.24, 2.45) is 5.92 Å². The van der Waals surface area contributed by atoms with Crippen molar-refractivity contribution in [1.82, 2.24) is 15.1 Å². The highest BCUT2D eigenvalue weighted by Crippen LogP contribution is 2.33. The predicted molar refractivity (Wildman–Crippen MR) is 111 cm³/mol. The summed E-state index contributed by atoms with van der Waals surface area (Å²) < 4.78 is 0. The Morgan fingerprint density at radius 3 is 2.48 bits per heavy atom. The van der Waals surface area contributed by atoms with Crippen LogP contribution >= 0.6 is 23.2 Å². The van der Waals surface area contributed by atoms with Gasteiger partial charge in [-0.1, -0.05) is 29.3 Å². The van der Waals surface area contributed by atoms with E-state index in [2.05, 4.69) is 15.1 Å². The number of piperazine rings is 1. The molecule has 1 aromatic carbocycles. The van der Waals surface area contributed by atoms with Gasteiger partial charge in [0.2, 0.25) is 0 Å². The van der Waals surface area contributed by atoms with Crippen LogP contribution in [0.15, 0.2) is 18.2 Å². The Morgan fingerprint density at radius 2 is 1.81 bits per heavy atom. The summed E-state index contributed by atoms with van der Waals surface area (Å²) in [6, 6.07) is 6.38. The molecule has 4 rings (SSSR count). The summed E-state index contributed by atoms with van der Waals surface area (Å²) >= 11 is 12.5. The van der Waals surface area contributed by atoms with Crippen LogP contribution in [0, 0.1) is 5.92 Å². The third-order valence-corrected chi connectivity index (χ3v) is 7.01. The van der Waals surface area contributed by atoms with Gasteiger partial charge in [0.25, 0.3) is 0 Å². The highest BCUT2D eigenvalue weighted by atomic mass is 35.5. The molecule has 5 nitrogen and oxygen atoms in total. The summed E-state index contributed by atoms with van der Waals surface area (Å²) in [5.74, 6) is 0.757. The van der Waals surface area contributed by atoms with Crippen molar-refractivity contribution in [3.05, 3.63) is 28.2 Å². The van der Waals surface area contributed by atoms with Gasteiger partial charge in [0.05, 0.1) is 15.7 Å². The van der Waals surface area contributed by atoms with E-state index < -0.39 is 0 Å². The Hall–Kier alpha value is -1.17. The second kappa shape index (κ2) is 8.46. The number of carbonyl (C=O) groups excluding carboxylic acids is 1. The first kappa shape index (κ1) is 19.2. The highest BCUT2D eigenvalue weighted by molar-refractivity contribution is 6.43. The van der Waals surface area contributed by atoms with Gasteiger partial charge >= 0.3 is 6.03 Å². The van der Waals surface area contributed by atoms with Gasteiger partial charge < -0.3 is 15.1 Å². The van der Waals surface area contributed by atoms with Crippen LogP contribution in [0.3, 0.4) is 0 Å². The molecule has 1 aliphatic carbocycles. The molecule has 7 heteroatoms. The van der Waals surface area contributed by atoms with E-state index in [-0.39, 0.29) is 6.03 Å². The average molecular weight is 411 g/mol. The number of anilines is 1. The van der Waals surface area contributed by atoms with Crippen molar-refractivity contribution in [1.29, 1.82) is 0 Å². The molecule has 2 aliphatic heterocycles. The largest absolute Gasteiger partial charge is 0.368 e. The van der Waals surface area contributed by atoms with Gasteiger partial charge in [-0.25, -0.2) is 4.79 Å². The number of likely N-dealkylation sites (tertiary alicyclic amines) is 1. The van der Waals surface area contributed by atoms with Gasteiger partial charge in [0, 0.05) is 45.3 Å². The molecule has 2 amide bonds. The molecule has 1 N–H and O–H groups in total. The number of benzene rings is 1. The normalized spacial score (nSPS) is 25.7. The second-order valence-electron chi connectivity index (χ2n) is 8.01. The smallest absolute Gasteiger partial charge is 0.317 e. The minimum absolute atomic E-state index is 0.139. The molecule has 2 heterocycles. The first-order chi connectivity index (χ1) is 13.1. The lowest BCUT2D eigenvalue weighted by Crippen LogP contribution is -2.54. The Kier molecular flexibility index (Phi) is 6.00. The van der Waals surface area contributed by atoms with E-state index in [4.69, 9.17) is 23.2 Å². The molecular formula is C20H28Cl2N4O. The standard InChI is InChI=1S/C20H28Cl2N4O/c21-17-3-1-4-18(19(17)22)25-11-9-24(10-12-25)8-5-15-13-16(14-15)23-20(27)26-6-2-7-26/h1,3-4,15-16H,2,5-14H2,(H,23,27)/t15-,16-. The molecule has 148 valence electrons. The van der Waals surface area contributed by atoms with Crippen molar-refractivity contribution < 1.29 is 4.79 Å². The molecule has 1 saturated carbocycles. The summed E-state index contributed by atoms with van der Waals surface area (Å²) in [6.07, 6.45) is 4.65. The average Bonchev–Trinajstić information content (AvgIpc) is 2.58. The molecule has 0 aromatic heterocycles. The summed E-state index contributed by atoms with van der Waals surface area (Å²) in [7, 11) is 0. The number of halogens is 2. The molecular weight excluding hydrogens is 383 g/mol. The number of nitrogens with one attached hydrogen (secondary N) is 1. The van der Waals surface area contributed by atoms with Crippen LogP contribution in [-0.2, 0) is 0 Å². The zero-order valence-electron chi connectivity index (χ0n) is 15.7. The molecule has 3 aliphatic rings. The SMILES string of the molecule is O=C(N[C@H]1C[C@H](CCN2CCN(c3cccc(Cl)c3Cl)CC2)C1)N1CCC1. The molecule has 2 saturated heterocycles. The van der Waals surface area contributed by atoms with E-state index in [9.17, 15) is 4.79 Å². The van der Waals surface area contributed by atoms with Crippen molar-refractivity contribution >= 4 is 34.9 Å². The predicted octanol–water partition coefficient (Wildman–Crippen LogP) is 3.70. The van der Waals surface area contributed by atoms with E-state index in [1.807, 2.05) is 23.1 Å². The van der Waals surface area contributed by atoms with Gasteiger partial charge in [-0.3, -0.25) is 4.90 Å². The van der Waals surface area contributed by atoms with Crippen LogP contribution in [0.1, 0.15) is 25.7 Å². The first-order valence-corrected chi connectivity index (χ1v) is 10.8. The lowest BCUT2D eigenvalue weighted by Gasteiger charge is -2.41. The van der Waals surface area contributed by atoms with E-state index in [1.165, 1.54) is 6.42 Å². The van der Waals surface area contributed by atoms with Crippen LogP contribution in [0.5, 0.6) is 0 Å². The molecule has 27 heavy (non-hydrogen) atoms. The van der Waals surface area contributed by atoms with Crippen LogP contribution < -0.4 is 10.2 Å². The fourth-order valence-electron chi connectivity index (χ4n) is 4.19.